The van der Waals surface area contributed by atoms with Crippen molar-refractivity contribution < 1.29 is 9.90 Å². The van der Waals surface area contributed by atoms with Crippen molar-refractivity contribution in [3.8, 4) is 0 Å². The second-order valence-electron chi connectivity index (χ2n) is 5.94. The van der Waals surface area contributed by atoms with E-state index in [9.17, 15) is 4.79 Å². The molecule has 1 aromatic carbocycles. The van der Waals surface area contributed by atoms with E-state index in [-0.39, 0.29) is 5.92 Å². The summed E-state index contributed by atoms with van der Waals surface area (Å²) in [5, 5.41) is 17.6. The Balaban J connectivity index is 1.74. The fourth-order valence-electron chi connectivity index (χ4n) is 3.01. The number of carboxylic acid groups (broad SMARTS) is 1. The highest BCUT2D eigenvalue weighted by Gasteiger charge is 2.24. The van der Waals surface area contributed by atoms with Crippen molar-refractivity contribution in [2.45, 2.75) is 39.2 Å². The molecule has 0 radical (unpaired) electrons. The van der Waals surface area contributed by atoms with Crippen LogP contribution in [0.4, 0.5) is 5.69 Å². The van der Waals surface area contributed by atoms with Gasteiger partial charge in [-0.25, -0.2) is 4.68 Å². The maximum atomic E-state index is 11.0. The third kappa shape index (κ3) is 2.91. The van der Waals surface area contributed by atoms with Crippen molar-refractivity contribution in [1.29, 1.82) is 0 Å². The summed E-state index contributed by atoms with van der Waals surface area (Å²) in [4.78, 5) is 13.3. The summed E-state index contributed by atoms with van der Waals surface area (Å²) in [6, 6.07) is 6.23. The number of carbonyl (C=O) groups is 1. The molecule has 0 saturated carbocycles. The van der Waals surface area contributed by atoms with Crippen molar-refractivity contribution in [1.82, 2.24) is 15.0 Å². The third-order valence-corrected chi connectivity index (χ3v) is 4.43. The number of hydrogen-bond acceptors (Lipinski definition) is 4. The fraction of sp³-hybridized carbons (Fsp3) is 0.562. The molecule has 1 aliphatic heterocycles. The SMILES string of the molecule is CCCCn1nnc2cc(N3CCC(C(=O)O)CC3)ccc21. The molecular weight excluding hydrogens is 280 g/mol. The molecule has 1 N–H and O–H groups in total. The molecule has 22 heavy (non-hydrogen) atoms. The van der Waals surface area contributed by atoms with Crippen LogP contribution < -0.4 is 4.90 Å². The fourth-order valence-corrected chi connectivity index (χ4v) is 3.01. The van der Waals surface area contributed by atoms with Gasteiger partial charge < -0.3 is 10.0 Å². The molecule has 2 aromatic rings. The number of fused-ring (bicyclic) bond motifs is 1. The van der Waals surface area contributed by atoms with Crippen LogP contribution in [0.1, 0.15) is 32.6 Å². The molecule has 0 aliphatic carbocycles. The molecule has 6 nitrogen and oxygen atoms in total. The van der Waals surface area contributed by atoms with Crippen molar-refractivity contribution in [2.75, 3.05) is 18.0 Å². The van der Waals surface area contributed by atoms with E-state index in [0.29, 0.717) is 12.8 Å². The van der Waals surface area contributed by atoms with Crippen molar-refractivity contribution in [3.05, 3.63) is 18.2 Å². The average molecular weight is 302 g/mol. The van der Waals surface area contributed by atoms with Gasteiger partial charge in [-0.05, 0) is 37.5 Å². The third-order valence-electron chi connectivity index (χ3n) is 4.43. The lowest BCUT2D eigenvalue weighted by atomic mass is 9.97. The highest BCUT2D eigenvalue weighted by Crippen LogP contribution is 2.26. The van der Waals surface area contributed by atoms with Gasteiger partial charge in [0.05, 0.1) is 11.4 Å². The lowest BCUT2D eigenvalue weighted by Gasteiger charge is -2.31. The summed E-state index contributed by atoms with van der Waals surface area (Å²) < 4.78 is 1.96. The minimum Gasteiger partial charge on any atom is -0.481 e. The Morgan fingerprint density at radius 3 is 2.82 bits per heavy atom. The van der Waals surface area contributed by atoms with E-state index in [1.807, 2.05) is 4.68 Å². The van der Waals surface area contributed by atoms with Gasteiger partial charge in [-0.3, -0.25) is 4.79 Å². The number of nitrogens with zero attached hydrogens (tertiary/aromatic N) is 4. The summed E-state index contributed by atoms with van der Waals surface area (Å²) >= 11 is 0. The van der Waals surface area contributed by atoms with Gasteiger partial charge in [-0.15, -0.1) is 5.10 Å². The Kier molecular flexibility index (Phi) is 4.27. The standard InChI is InChI=1S/C16H22N4O2/c1-2-3-8-20-15-5-4-13(11-14(15)17-18-20)19-9-6-12(7-10-19)16(21)22/h4-5,11-12H,2-3,6-10H2,1H3,(H,21,22). The first-order valence-electron chi connectivity index (χ1n) is 8.00. The van der Waals surface area contributed by atoms with Gasteiger partial charge in [0.1, 0.15) is 5.52 Å². The summed E-state index contributed by atoms with van der Waals surface area (Å²) in [5.74, 6) is -0.871. The maximum Gasteiger partial charge on any atom is 0.306 e. The van der Waals surface area contributed by atoms with E-state index >= 15 is 0 Å². The van der Waals surface area contributed by atoms with Crippen LogP contribution in [0.3, 0.4) is 0 Å². The van der Waals surface area contributed by atoms with E-state index in [2.05, 4.69) is 40.3 Å². The van der Waals surface area contributed by atoms with Crippen LogP contribution in [0.2, 0.25) is 0 Å². The number of aromatic nitrogens is 3. The van der Waals surface area contributed by atoms with Crippen LogP contribution >= 0.6 is 0 Å². The zero-order chi connectivity index (χ0) is 15.5. The lowest BCUT2D eigenvalue weighted by Crippen LogP contribution is -2.36. The number of carboxylic acids is 1. The van der Waals surface area contributed by atoms with Crippen molar-refractivity contribution in [3.63, 3.8) is 0 Å². The number of hydrogen-bond donors (Lipinski definition) is 1. The first kappa shape index (κ1) is 14.8. The summed E-state index contributed by atoms with van der Waals surface area (Å²) in [6.07, 6.45) is 3.65. The molecule has 1 fully saturated rings. The van der Waals surface area contributed by atoms with Crippen LogP contribution in [-0.4, -0.2) is 39.2 Å². The Morgan fingerprint density at radius 1 is 1.36 bits per heavy atom. The molecule has 1 aliphatic rings. The number of piperidine rings is 1. The molecule has 0 amide bonds. The topological polar surface area (TPSA) is 71.2 Å². The molecule has 118 valence electrons. The molecule has 0 atom stereocenters. The minimum absolute atomic E-state index is 0.199. The van der Waals surface area contributed by atoms with E-state index in [0.717, 1.165) is 49.2 Å². The number of benzene rings is 1. The largest absolute Gasteiger partial charge is 0.481 e. The molecule has 3 rings (SSSR count). The van der Waals surface area contributed by atoms with E-state index < -0.39 is 5.97 Å². The second-order valence-corrected chi connectivity index (χ2v) is 5.94. The number of aliphatic carboxylic acids is 1. The van der Waals surface area contributed by atoms with Gasteiger partial charge >= 0.3 is 5.97 Å². The van der Waals surface area contributed by atoms with Crippen LogP contribution in [0, 0.1) is 5.92 Å². The average Bonchev–Trinajstić information content (AvgIpc) is 2.95. The van der Waals surface area contributed by atoms with Crippen LogP contribution in [0.25, 0.3) is 11.0 Å². The highest BCUT2D eigenvalue weighted by atomic mass is 16.4. The molecule has 0 bridgehead atoms. The first-order chi connectivity index (χ1) is 10.7. The van der Waals surface area contributed by atoms with E-state index in [4.69, 9.17) is 5.11 Å². The quantitative estimate of drug-likeness (QED) is 0.919. The molecule has 1 saturated heterocycles. The maximum absolute atomic E-state index is 11.0. The smallest absolute Gasteiger partial charge is 0.306 e. The number of unbranched alkanes of at least 4 members (excludes halogenated alkanes) is 1. The predicted molar refractivity (Wildman–Crippen MR) is 85.0 cm³/mol. The second kappa shape index (κ2) is 6.34. The number of anilines is 1. The van der Waals surface area contributed by atoms with Gasteiger partial charge in [0, 0.05) is 25.3 Å². The van der Waals surface area contributed by atoms with E-state index in [1.54, 1.807) is 0 Å². The van der Waals surface area contributed by atoms with Crippen LogP contribution in [-0.2, 0) is 11.3 Å². The van der Waals surface area contributed by atoms with Crippen LogP contribution in [0.5, 0.6) is 0 Å². The van der Waals surface area contributed by atoms with Gasteiger partial charge in [-0.1, -0.05) is 18.6 Å². The Labute approximate surface area is 129 Å². The lowest BCUT2D eigenvalue weighted by molar-refractivity contribution is -0.142. The van der Waals surface area contributed by atoms with Gasteiger partial charge in [0.15, 0.2) is 0 Å². The summed E-state index contributed by atoms with van der Waals surface area (Å²) in [7, 11) is 0. The summed E-state index contributed by atoms with van der Waals surface area (Å²) in [5.41, 5.74) is 3.09. The van der Waals surface area contributed by atoms with E-state index in [1.165, 1.54) is 0 Å². The Bertz CT molecular complexity index is 659. The first-order valence-corrected chi connectivity index (χ1v) is 8.00. The normalized spacial score (nSPS) is 16.3. The van der Waals surface area contributed by atoms with Crippen LogP contribution in [0.15, 0.2) is 18.2 Å². The zero-order valence-electron chi connectivity index (χ0n) is 12.9. The molecule has 6 heteroatoms. The molecular formula is C16H22N4O2. The molecule has 2 heterocycles. The monoisotopic (exact) mass is 302 g/mol. The molecule has 0 spiro atoms. The highest BCUT2D eigenvalue weighted by molar-refractivity contribution is 5.79. The Morgan fingerprint density at radius 2 is 2.14 bits per heavy atom. The van der Waals surface area contributed by atoms with Crippen molar-refractivity contribution >= 4 is 22.7 Å². The predicted octanol–water partition coefficient (Wildman–Crippen LogP) is 2.53. The number of aryl methyl sites for hydroxylation is 1. The van der Waals surface area contributed by atoms with Gasteiger partial charge in [0.2, 0.25) is 0 Å². The number of rotatable bonds is 5. The minimum atomic E-state index is -0.672. The zero-order valence-corrected chi connectivity index (χ0v) is 12.9. The molecule has 1 aromatic heterocycles. The van der Waals surface area contributed by atoms with Crippen molar-refractivity contribution in [2.24, 2.45) is 5.92 Å². The molecule has 0 unspecified atom stereocenters. The Hall–Kier alpha value is -2.11. The van der Waals surface area contributed by atoms with Gasteiger partial charge in [-0.2, -0.15) is 0 Å². The van der Waals surface area contributed by atoms with Gasteiger partial charge in [0.25, 0.3) is 0 Å². The summed E-state index contributed by atoms with van der Waals surface area (Å²) in [6.45, 7) is 4.63.